The SMILES string of the molecule is CN1C(=O)[C@](C)(C(=O)Nc2ccccc2Cl)Oc2cccnc21. The Balaban J connectivity index is 1.94. The molecule has 3 rings (SSSR count). The van der Waals surface area contributed by atoms with Crippen LogP contribution in [0.25, 0.3) is 0 Å². The molecule has 118 valence electrons. The van der Waals surface area contributed by atoms with Crippen LogP contribution in [-0.2, 0) is 9.59 Å². The Labute approximate surface area is 138 Å². The molecule has 0 unspecified atom stereocenters. The Kier molecular flexibility index (Phi) is 3.69. The van der Waals surface area contributed by atoms with E-state index in [1.807, 2.05) is 0 Å². The van der Waals surface area contributed by atoms with Gasteiger partial charge in [-0.1, -0.05) is 23.7 Å². The van der Waals surface area contributed by atoms with Crippen molar-refractivity contribution in [1.82, 2.24) is 4.98 Å². The van der Waals surface area contributed by atoms with Crippen molar-refractivity contribution < 1.29 is 14.3 Å². The summed E-state index contributed by atoms with van der Waals surface area (Å²) in [4.78, 5) is 30.6. The van der Waals surface area contributed by atoms with Crippen molar-refractivity contribution in [2.75, 3.05) is 17.3 Å². The Hall–Kier alpha value is -2.60. The van der Waals surface area contributed by atoms with Gasteiger partial charge in [0.2, 0.25) is 0 Å². The van der Waals surface area contributed by atoms with Crippen LogP contribution in [0.4, 0.5) is 11.5 Å². The van der Waals surface area contributed by atoms with E-state index < -0.39 is 17.4 Å². The van der Waals surface area contributed by atoms with Gasteiger partial charge >= 0.3 is 0 Å². The van der Waals surface area contributed by atoms with Crippen LogP contribution >= 0.6 is 11.6 Å². The third-order valence-corrected chi connectivity index (χ3v) is 3.98. The molecule has 0 bridgehead atoms. The molecule has 0 radical (unpaired) electrons. The summed E-state index contributed by atoms with van der Waals surface area (Å²) in [7, 11) is 1.55. The molecule has 1 atom stereocenters. The zero-order chi connectivity index (χ0) is 16.6. The highest BCUT2D eigenvalue weighted by Gasteiger charge is 2.50. The van der Waals surface area contributed by atoms with Gasteiger partial charge in [0.25, 0.3) is 17.4 Å². The van der Waals surface area contributed by atoms with E-state index in [1.165, 1.54) is 11.8 Å². The highest BCUT2D eigenvalue weighted by molar-refractivity contribution is 6.34. The maximum atomic E-state index is 12.6. The second-order valence-electron chi connectivity index (χ2n) is 5.26. The molecule has 1 aliphatic rings. The molecule has 6 nitrogen and oxygen atoms in total. The molecule has 23 heavy (non-hydrogen) atoms. The van der Waals surface area contributed by atoms with E-state index in [4.69, 9.17) is 16.3 Å². The molecule has 0 saturated heterocycles. The lowest BCUT2D eigenvalue weighted by atomic mass is 10.0. The molecule has 1 N–H and O–H groups in total. The maximum Gasteiger partial charge on any atom is 0.281 e. The number of ether oxygens (including phenoxy) is 1. The minimum absolute atomic E-state index is 0.367. The number of amides is 2. The third-order valence-electron chi connectivity index (χ3n) is 3.65. The van der Waals surface area contributed by atoms with Crippen molar-refractivity contribution in [3.05, 3.63) is 47.6 Å². The number of pyridine rings is 1. The van der Waals surface area contributed by atoms with Crippen molar-refractivity contribution in [1.29, 1.82) is 0 Å². The fourth-order valence-electron chi connectivity index (χ4n) is 2.34. The number of nitrogens with zero attached hydrogens (tertiary/aromatic N) is 2. The van der Waals surface area contributed by atoms with Crippen LogP contribution in [0.2, 0.25) is 5.02 Å². The van der Waals surface area contributed by atoms with Gasteiger partial charge in [0.05, 0.1) is 10.7 Å². The molecule has 2 heterocycles. The molecule has 0 fully saturated rings. The van der Waals surface area contributed by atoms with E-state index in [1.54, 1.807) is 49.6 Å². The molecular weight excluding hydrogens is 318 g/mol. The van der Waals surface area contributed by atoms with E-state index in [0.29, 0.717) is 22.3 Å². The third kappa shape index (κ3) is 2.51. The summed E-state index contributed by atoms with van der Waals surface area (Å²) in [6, 6.07) is 10.1. The molecule has 1 aliphatic heterocycles. The van der Waals surface area contributed by atoms with Crippen LogP contribution in [0.5, 0.6) is 5.75 Å². The lowest BCUT2D eigenvalue weighted by Crippen LogP contribution is -2.60. The van der Waals surface area contributed by atoms with Crippen molar-refractivity contribution in [2.45, 2.75) is 12.5 Å². The van der Waals surface area contributed by atoms with Gasteiger partial charge in [0.1, 0.15) is 0 Å². The van der Waals surface area contributed by atoms with Gasteiger partial charge in [-0.15, -0.1) is 0 Å². The summed E-state index contributed by atoms with van der Waals surface area (Å²) < 4.78 is 5.67. The topological polar surface area (TPSA) is 71.5 Å². The number of carbonyl (C=O) groups is 2. The van der Waals surface area contributed by atoms with Gasteiger partial charge in [-0.2, -0.15) is 0 Å². The summed E-state index contributed by atoms with van der Waals surface area (Å²) in [5.74, 6) is -0.364. The lowest BCUT2D eigenvalue weighted by Gasteiger charge is -2.36. The van der Waals surface area contributed by atoms with Crippen LogP contribution in [-0.4, -0.2) is 29.4 Å². The zero-order valence-corrected chi connectivity index (χ0v) is 13.3. The minimum atomic E-state index is -1.70. The number of aromatic nitrogens is 1. The van der Waals surface area contributed by atoms with E-state index in [0.717, 1.165) is 0 Å². The van der Waals surface area contributed by atoms with Crippen molar-refractivity contribution in [2.24, 2.45) is 0 Å². The highest BCUT2D eigenvalue weighted by Crippen LogP contribution is 2.35. The molecule has 0 saturated carbocycles. The number of anilines is 2. The van der Waals surface area contributed by atoms with E-state index >= 15 is 0 Å². The highest BCUT2D eigenvalue weighted by atomic mass is 35.5. The molecule has 2 amide bonds. The van der Waals surface area contributed by atoms with Gasteiger partial charge < -0.3 is 10.1 Å². The van der Waals surface area contributed by atoms with Crippen molar-refractivity contribution in [3.8, 4) is 5.75 Å². The van der Waals surface area contributed by atoms with Crippen LogP contribution in [0, 0.1) is 0 Å². The predicted molar refractivity (Wildman–Crippen MR) is 86.8 cm³/mol. The first kappa shape index (κ1) is 15.3. The monoisotopic (exact) mass is 331 g/mol. The van der Waals surface area contributed by atoms with Gasteiger partial charge in [0.15, 0.2) is 11.6 Å². The quantitative estimate of drug-likeness (QED) is 0.858. The molecular formula is C16H14ClN3O3. The first-order valence-electron chi connectivity index (χ1n) is 6.91. The second kappa shape index (κ2) is 5.55. The van der Waals surface area contributed by atoms with E-state index in [9.17, 15) is 9.59 Å². The van der Waals surface area contributed by atoms with Crippen LogP contribution in [0.15, 0.2) is 42.6 Å². The van der Waals surface area contributed by atoms with Crippen LogP contribution < -0.4 is 15.0 Å². The molecule has 2 aromatic rings. The summed E-state index contributed by atoms with van der Waals surface area (Å²) in [6.45, 7) is 1.42. The molecule has 7 heteroatoms. The molecule has 1 aromatic heterocycles. The number of halogens is 1. The van der Waals surface area contributed by atoms with Crippen LogP contribution in [0.3, 0.4) is 0 Å². The van der Waals surface area contributed by atoms with Crippen LogP contribution in [0.1, 0.15) is 6.92 Å². The number of benzene rings is 1. The van der Waals surface area contributed by atoms with Crippen molar-refractivity contribution in [3.63, 3.8) is 0 Å². The Bertz CT molecular complexity index is 796. The largest absolute Gasteiger partial charge is 0.464 e. The van der Waals surface area contributed by atoms with Gasteiger partial charge in [0, 0.05) is 13.2 Å². The van der Waals surface area contributed by atoms with E-state index in [2.05, 4.69) is 10.3 Å². The summed E-state index contributed by atoms with van der Waals surface area (Å²) >= 11 is 6.04. The minimum Gasteiger partial charge on any atom is -0.464 e. The second-order valence-corrected chi connectivity index (χ2v) is 5.67. The fraction of sp³-hybridized carbons (Fsp3) is 0.188. The number of para-hydroxylation sites is 1. The van der Waals surface area contributed by atoms with Crippen molar-refractivity contribution >= 4 is 34.9 Å². The average Bonchev–Trinajstić information content (AvgIpc) is 2.55. The number of carbonyl (C=O) groups excluding carboxylic acids is 2. The number of rotatable bonds is 2. The number of hydrogen-bond acceptors (Lipinski definition) is 4. The first-order chi connectivity index (χ1) is 10.9. The lowest BCUT2D eigenvalue weighted by molar-refractivity contribution is -0.145. The number of hydrogen-bond donors (Lipinski definition) is 1. The average molecular weight is 332 g/mol. The number of fused-ring (bicyclic) bond motifs is 1. The number of nitrogens with one attached hydrogen (secondary N) is 1. The fourth-order valence-corrected chi connectivity index (χ4v) is 2.52. The maximum absolute atomic E-state index is 12.6. The van der Waals surface area contributed by atoms with Gasteiger partial charge in [-0.3, -0.25) is 14.5 Å². The molecule has 0 aliphatic carbocycles. The summed E-state index contributed by atoms with van der Waals surface area (Å²) in [6.07, 6.45) is 1.55. The first-order valence-corrected chi connectivity index (χ1v) is 7.29. The predicted octanol–water partition coefficient (Wildman–Crippen LogP) is 2.49. The summed E-state index contributed by atoms with van der Waals surface area (Å²) in [5.41, 5.74) is -1.29. The Morgan fingerprint density at radius 3 is 2.78 bits per heavy atom. The summed E-state index contributed by atoms with van der Waals surface area (Å²) in [5, 5.41) is 3.02. The Morgan fingerprint density at radius 2 is 2.04 bits per heavy atom. The Morgan fingerprint density at radius 1 is 1.30 bits per heavy atom. The van der Waals surface area contributed by atoms with Gasteiger partial charge in [-0.05, 0) is 31.2 Å². The van der Waals surface area contributed by atoms with E-state index in [-0.39, 0.29) is 0 Å². The molecule has 0 spiro atoms. The standard InChI is InChI=1S/C16H14ClN3O3/c1-16(14(21)19-11-7-4-3-6-10(11)17)15(22)20(2)13-12(23-16)8-5-9-18-13/h3-9H,1-2H3,(H,19,21)/t16-/m0/s1. The normalized spacial score (nSPS) is 19.8. The zero-order valence-electron chi connectivity index (χ0n) is 12.5. The molecule has 1 aromatic carbocycles. The number of likely N-dealkylation sites (N-methyl/N-ethyl adjacent to an activating group) is 1. The van der Waals surface area contributed by atoms with Gasteiger partial charge in [-0.25, -0.2) is 4.98 Å². The smallest absolute Gasteiger partial charge is 0.281 e.